The second-order valence-corrected chi connectivity index (χ2v) is 6.59. The normalized spacial score (nSPS) is 13.0. The molecular formula is C14H10Br2N4O2. The number of hydrogen-bond donors (Lipinski definition) is 4. The summed E-state index contributed by atoms with van der Waals surface area (Å²) in [4.78, 5) is 25.6. The van der Waals surface area contributed by atoms with Crippen LogP contribution >= 0.6 is 31.9 Å². The van der Waals surface area contributed by atoms with E-state index in [0.29, 0.717) is 8.95 Å². The van der Waals surface area contributed by atoms with Gasteiger partial charge in [0.25, 0.3) is 0 Å². The largest absolute Gasteiger partial charge is 0.398 e. The van der Waals surface area contributed by atoms with Crippen molar-refractivity contribution in [3.8, 4) is 0 Å². The molecule has 8 N–H and O–H groups in total. The minimum Gasteiger partial charge on any atom is -0.398 e. The lowest BCUT2D eigenvalue weighted by Gasteiger charge is -2.24. The standard InChI is InChI=1S/C14H10Br2N4O2/c15-3-1-5(17)7-9(11(3)19)14(22)8-6(18)2-4(16)12(20)10(8)13(7)21/h1-2H,17-20H2. The van der Waals surface area contributed by atoms with Crippen LogP contribution in [0, 0.1) is 0 Å². The highest BCUT2D eigenvalue weighted by Crippen LogP contribution is 2.43. The van der Waals surface area contributed by atoms with Crippen LogP contribution in [0.5, 0.6) is 0 Å². The molecule has 0 heterocycles. The molecule has 0 aromatic heterocycles. The van der Waals surface area contributed by atoms with Crippen LogP contribution in [0.25, 0.3) is 0 Å². The third kappa shape index (κ3) is 1.77. The second-order valence-electron chi connectivity index (χ2n) is 4.88. The zero-order valence-electron chi connectivity index (χ0n) is 11.0. The molecule has 1 aliphatic rings. The zero-order chi connectivity index (χ0) is 16.3. The molecule has 0 atom stereocenters. The number of benzene rings is 2. The fourth-order valence-corrected chi connectivity index (χ4v) is 3.47. The number of fused-ring (bicyclic) bond motifs is 2. The van der Waals surface area contributed by atoms with Gasteiger partial charge in [-0.1, -0.05) is 0 Å². The lowest BCUT2D eigenvalue weighted by atomic mass is 9.81. The second kappa shape index (κ2) is 4.72. The van der Waals surface area contributed by atoms with Gasteiger partial charge in [0.2, 0.25) is 0 Å². The third-order valence-electron chi connectivity index (χ3n) is 3.60. The molecule has 2 aromatic rings. The van der Waals surface area contributed by atoms with E-state index < -0.39 is 11.6 Å². The van der Waals surface area contributed by atoms with Gasteiger partial charge >= 0.3 is 0 Å². The Labute approximate surface area is 142 Å². The molecule has 0 aliphatic heterocycles. The molecule has 0 amide bonds. The van der Waals surface area contributed by atoms with Crippen LogP contribution in [-0.4, -0.2) is 11.6 Å². The number of ketones is 2. The Bertz CT molecular complexity index is 820. The Morgan fingerprint density at radius 3 is 1.27 bits per heavy atom. The Morgan fingerprint density at radius 2 is 0.955 bits per heavy atom. The minimum absolute atomic E-state index is 0.0535. The van der Waals surface area contributed by atoms with E-state index >= 15 is 0 Å². The van der Waals surface area contributed by atoms with E-state index in [4.69, 9.17) is 22.9 Å². The first-order valence-corrected chi connectivity index (χ1v) is 7.68. The molecule has 3 rings (SSSR count). The van der Waals surface area contributed by atoms with E-state index in [1.807, 2.05) is 0 Å². The summed E-state index contributed by atoms with van der Waals surface area (Å²) >= 11 is 6.45. The van der Waals surface area contributed by atoms with E-state index in [-0.39, 0.29) is 45.0 Å². The number of nitrogen functional groups attached to an aromatic ring is 4. The van der Waals surface area contributed by atoms with Gasteiger partial charge in [-0.25, -0.2) is 0 Å². The highest BCUT2D eigenvalue weighted by Gasteiger charge is 2.37. The summed E-state index contributed by atoms with van der Waals surface area (Å²) < 4.78 is 0.883. The van der Waals surface area contributed by atoms with Gasteiger partial charge in [-0.3, -0.25) is 9.59 Å². The van der Waals surface area contributed by atoms with Gasteiger partial charge < -0.3 is 22.9 Å². The summed E-state index contributed by atoms with van der Waals surface area (Å²) in [6.45, 7) is 0. The summed E-state index contributed by atoms with van der Waals surface area (Å²) in [7, 11) is 0. The number of anilines is 4. The predicted octanol–water partition coefficient (Wildman–Crippen LogP) is 2.32. The van der Waals surface area contributed by atoms with Gasteiger partial charge in [-0.05, 0) is 44.0 Å². The molecule has 0 bridgehead atoms. The molecule has 0 saturated carbocycles. The number of hydrogen-bond acceptors (Lipinski definition) is 6. The molecule has 112 valence electrons. The van der Waals surface area contributed by atoms with Gasteiger partial charge in [0.15, 0.2) is 11.6 Å². The fourth-order valence-electron chi connectivity index (χ4n) is 2.58. The van der Waals surface area contributed by atoms with Crippen molar-refractivity contribution in [2.24, 2.45) is 0 Å². The van der Waals surface area contributed by atoms with Crippen LogP contribution in [0.2, 0.25) is 0 Å². The van der Waals surface area contributed by atoms with Gasteiger partial charge in [-0.15, -0.1) is 0 Å². The van der Waals surface area contributed by atoms with Crippen molar-refractivity contribution in [3.63, 3.8) is 0 Å². The van der Waals surface area contributed by atoms with Gasteiger partial charge in [-0.2, -0.15) is 0 Å². The SMILES string of the molecule is Nc1cc(Br)c(N)c2c1C(=O)c1c(N)c(Br)cc(N)c1C2=O. The monoisotopic (exact) mass is 424 g/mol. The Balaban J connectivity index is 2.49. The van der Waals surface area contributed by atoms with Crippen molar-refractivity contribution < 1.29 is 9.59 Å². The Hall–Kier alpha value is -2.06. The van der Waals surface area contributed by atoms with Gasteiger partial charge in [0, 0.05) is 20.3 Å². The molecule has 22 heavy (non-hydrogen) atoms. The van der Waals surface area contributed by atoms with Crippen LogP contribution in [0.1, 0.15) is 31.8 Å². The van der Waals surface area contributed by atoms with Crippen molar-refractivity contribution >= 4 is 66.2 Å². The van der Waals surface area contributed by atoms with Gasteiger partial charge in [0.1, 0.15) is 0 Å². The Morgan fingerprint density at radius 1 is 0.636 bits per heavy atom. The minimum atomic E-state index is -0.466. The molecular weight excluding hydrogens is 416 g/mol. The smallest absolute Gasteiger partial charge is 0.198 e. The maximum absolute atomic E-state index is 12.8. The lowest BCUT2D eigenvalue weighted by molar-refractivity contribution is 0.0981. The summed E-state index contributed by atoms with van der Waals surface area (Å²) in [6, 6.07) is 2.98. The first-order valence-electron chi connectivity index (χ1n) is 6.10. The first kappa shape index (κ1) is 14.9. The maximum Gasteiger partial charge on any atom is 0.198 e. The lowest BCUT2D eigenvalue weighted by Crippen LogP contribution is -2.26. The zero-order valence-corrected chi connectivity index (χ0v) is 14.2. The number of carbonyl (C=O) groups is 2. The topological polar surface area (TPSA) is 138 Å². The van der Waals surface area contributed by atoms with Crippen LogP contribution in [0.3, 0.4) is 0 Å². The molecule has 0 fully saturated rings. The summed E-state index contributed by atoms with van der Waals surface area (Å²) in [6.07, 6.45) is 0. The van der Waals surface area contributed by atoms with E-state index in [9.17, 15) is 9.59 Å². The molecule has 2 aromatic carbocycles. The maximum atomic E-state index is 12.8. The van der Waals surface area contributed by atoms with Crippen molar-refractivity contribution in [2.45, 2.75) is 0 Å². The average Bonchev–Trinajstić information content (AvgIpc) is 2.44. The van der Waals surface area contributed by atoms with Crippen molar-refractivity contribution in [1.82, 2.24) is 0 Å². The highest BCUT2D eigenvalue weighted by atomic mass is 79.9. The molecule has 8 heteroatoms. The van der Waals surface area contributed by atoms with Crippen molar-refractivity contribution in [3.05, 3.63) is 43.3 Å². The Kier molecular flexibility index (Phi) is 3.19. The predicted molar refractivity (Wildman–Crippen MR) is 92.8 cm³/mol. The average molecular weight is 426 g/mol. The molecule has 0 spiro atoms. The molecule has 0 radical (unpaired) electrons. The van der Waals surface area contributed by atoms with Crippen LogP contribution in [0.15, 0.2) is 21.1 Å². The third-order valence-corrected chi connectivity index (χ3v) is 4.92. The summed E-state index contributed by atoms with van der Waals surface area (Å²) in [5, 5.41) is 0. The van der Waals surface area contributed by atoms with Crippen LogP contribution in [-0.2, 0) is 0 Å². The van der Waals surface area contributed by atoms with Crippen molar-refractivity contribution in [1.29, 1.82) is 0 Å². The molecule has 1 aliphatic carbocycles. The number of nitrogens with two attached hydrogens (primary N) is 4. The van der Waals surface area contributed by atoms with Crippen LogP contribution in [0.4, 0.5) is 22.7 Å². The highest BCUT2D eigenvalue weighted by molar-refractivity contribution is 9.11. The molecule has 6 nitrogen and oxygen atoms in total. The quantitative estimate of drug-likeness (QED) is 0.407. The number of carbonyl (C=O) groups excluding carboxylic acids is 2. The molecule has 0 unspecified atom stereocenters. The molecule has 0 saturated heterocycles. The van der Waals surface area contributed by atoms with E-state index in [0.717, 1.165) is 0 Å². The fraction of sp³-hybridized carbons (Fsp3) is 0. The van der Waals surface area contributed by atoms with Gasteiger partial charge in [0.05, 0.1) is 33.6 Å². The number of rotatable bonds is 0. The van der Waals surface area contributed by atoms with E-state index in [1.165, 1.54) is 12.1 Å². The van der Waals surface area contributed by atoms with E-state index in [1.54, 1.807) is 0 Å². The summed E-state index contributed by atoms with van der Waals surface area (Å²) in [5.41, 5.74) is 24.5. The van der Waals surface area contributed by atoms with E-state index in [2.05, 4.69) is 31.9 Å². The van der Waals surface area contributed by atoms with Crippen molar-refractivity contribution in [2.75, 3.05) is 22.9 Å². The summed E-state index contributed by atoms with van der Waals surface area (Å²) in [5.74, 6) is -0.932. The number of halogens is 2. The van der Waals surface area contributed by atoms with Crippen LogP contribution < -0.4 is 22.9 Å². The first-order chi connectivity index (χ1) is 10.3.